The molecule has 0 aliphatic rings. The Morgan fingerprint density at radius 2 is 1.76 bits per heavy atom. The Kier molecular flexibility index (Phi) is 5.92. The molecular formula is C16H15F2NO5S. The van der Waals surface area contributed by atoms with Crippen molar-refractivity contribution < 1.29 is 31.5 Å². The van der Waals surface area contributed by atoms with E-state index in [2.05, 4.69) is 4.72 Å². The number of sulfonamides is 1. The molecule has 6 nitrogen and oxygen atoms in total. The smallest absolute Gasteiger partial charge is 0.344 e. The van der Waals surface area contributed by atoms with Crippen molar-refractivity contribution in [3.63, 3.8) is 0 Å². The molecular weight excluding hydrogens is 356 g/mol. The van der Waals surface area contributed by atoms with Gasteiger partial charge in [-0.05, 0) is 31.2 Å². The third-order valence-corrected chi connectivity index (χ3v) is 4.37. The van der Waals surface area contributed by atoms with Gasteiger partial charge in [-0.1, -0.05) is 12.1 Å². The molecule has 0 bridgehead atoms. The Bertz CT molecular complexity index is 850. The summed E-state index contributed by atoms with van der Waals surface area (Å²) in [5.74, 6) is -2.81. The fraction of sp³-hybridized carbons (Fsp3) is 0.188. The molecule has 0 unspecified atom stereocenters. The molecule has 0 aromatic heterocycles. The molecule has 9 heteroatoms. The summed E-state index contributed by atoms with van der Waals surface area (Å²) >= 11 is 0. The van der Waals surface area contributed by atoms with Gasteiger partial charge in [-0.3, -0.25) is 4.72 Å². The van der Waals surface area contributed by atoms with Crippen LogP contribution >= 0.6 is 0 Å². The number of esters is 1. The van der Waals surface area contributed by atoms with Crippen molar-refractivity contribution >= 4 is 21.7 Å². The Morgan fingerprint density at radius 3 is 2.40 bits per heavy atom. The van der Waals surface area contributed by atoms with Crippen LogP contribution in [0.15, 0.2) is 47.4 Å². The Labute approximate surface area is 143 Å². The quantitative estimate of drug-likeness (QED) is 0.757. The lowest BCUT2D eigenvalue weighted by Gasteiger charge is -2.11. The van der Waals surface area contributed by atoms with E-state index in [1.54, 1.807) is 6.92 Å². The van der Waals surface area contributed by atoms with E-state index in [9.17, 15) is 22.0 Å². The zero-order chi connectivity index (χ0) is 18.4. The molecule has 0 radical (unpaired) electrons. The second kappa shape index (κ2) is 7.93. The number of rotatable bonds is 7. The molecule has 0 aliphatic heterocycles. The second-order valence-electron chi connectivity index (χ2n) is 4.78. The first-order valence-corrected chi connectivity index (χ1v) is 8.67. The van der Waals surface area contributed by atoms with Gasteiger partial charge in [-0.15, -0.1) is 0 Å². The number of benzene rings is 2. The maximum atomic E-state index is 13.7. The zero-order valence-electron chi connectivity index (χ0n) is 13.2. The minimum Gasteiger partial charge on any atom is -0.482 e. The molecule has 2 rings (SSSR count). The lowest BCUT2D eigenvalue weighted by atomic mass is 10.3. The van der Waals surface area contributed by atoms with E-state index in [-0.39, 0.29) is 24.7 Å². The first-order chi connectivity index (χ1) is 11.8. The summed E-state index contributed by atoms with van der Waals surface area (Å²) in [5.41, 5.74) is 0.0176. The first-order valence-electron chi connectivity index (χ1n) is 7.19. The summed E-state index contributed by atoms with van der Waals surface area (Å²) in [6, 6.07) is 8.33. The fourth-order valence-corrected chi connectivity index (χ4v) is 3.13. The van der Waals surface area contributed by atoms with Crippen molar-refractivity contribution in [1.29, 1.82) is 0 Å². The molecule has 0 saturated carbocycles. The maximum absolute atomic E-state index is 13.7. The van der Waals surface area contributed by atoms with Crippen LogP contribution in [0.1, 0.15) is 6.92 Å². The van der Waals surface area contributed by atoms with Crippen LogP contribution in [0.3, 0.4) is 0 Å². The van der Waals surface area contributed by atoms with E-state index >= 15 is 0 Å². The largest absolute Gasteiger partial charge is 0.482 e. The van der Waals surface area contributed by atoms with Crippen LogP contribution in [0.5, 0.6) is 5.75 Å². The van der Waals surface area contributed by atoms with E-state index in [1.807, 2.05) is 0 Å². The first kappa shape index (κ1) is 18.7. The van der Waals surface area contributed by atoms with Crippen LogP contribution in [0.4, 0.5) is 14.5 Å². The van der Waals surface area contributed by atoms with Crippen LogP contribution < -0.4 is 9.46 Å². The van der Waals surface area contributed by atoms with E-state index in [0.29, 0.717) is 0 Å². The number of carbonyl (C=O) groups excluding carboxylic acids is 1. The van der Waals surface area contributed by atoms with E-state index in [0.717, 1.165) is 18.2 Å². The number of hydrogen-bond donors (Lipinski definition) is 1. The van der Waals surface area contributed by atoms with E-state index < -0.39 is 32.5 Å². The van der Waals surface area contributed by atoms with E-state index in [4.69, 9.17) is 9.47 Å². The van der Waals surface area contributed by atoms with Gasteiger partial charge in [0.1, 0.15) is 17.4 Å². The lowest BCUT2D eigenvalue weighted by molar-refractivity contribution is -0.145. The highest BCUT2D eigenvalue weighted by atomic mass is 32.2. The SMILES string of the molecule is CCOC(=O)COc1cccc(NS(=O)(=O)c2c(F)cccc2F)c1. The molecule has 0 amide bonds. The van der Waals surface area contributed by atoms with E-state index in [1.165, 1.54) is 24.3 Å². The monoisotopic (exact) mass is 371 g/mol. The average Bonchev–Trinajstić information content (AvgIpc) is 2.53. The van der Waals surface area contributed by atoms with Gasteiger partial charge >= 0.3 is 5.97 Å². The van der Waals surface area contributed by atoms with Crippen LogP contribution in [0.2, 0.25) is 0 Å². The van der Waals surface area contributed by atoms with Crippen LogP contribution in [-0.4, -0.2) is 27.6 Å². The lowest BCUT2D eigenvalue weighted by Crippen LogP contribution is -2.17. The standard InChI is InChI=1S/C16H15F2NO5S/c1-2-23-15(20)10-24-12-6-3-5-11(9-12)19-25(21,22)16-13(17)7-4-8-14(16)18/h3-9,19H,2,10H2,1H3. The maximum Gasteiger partial charge on any atom is 0.344 e. The van der Waals surface area contributed by atoms with Gasteiger partial charge in [0, 0.05) is 6.07 Å². The van der Waals surface area contributed by atoms with Crippen molar-refractivity contribution in [2.24, 2.45) is 0 Å². The van der Waals surface area contributed by atoms with Crippen molar-refractivity contribution in [3.8, 4) is 5.75 Å². The third-order valence-electron chi connectivity index (χ3n) is 2.94. The van der Waals surface area contributed by atoms with Crippen molar-refractivity contribution in [2.45, 2.75) is 11.8 Å². The Hall–Kier alpha value is -2.68. The van der Waals surface area contributed by atoms with Gasteiger partial charge in [0.2, 0.25) is 0 Å². The molecule has 1 N–H and O–H groups in total. The minimum atomic E-state index is -4.48. The van der Waals surface area contributed by atoms with Crippen molar-refractivity contribution in [1.82, 2.24) is 0 Å². The summed E-state index contributed by atoms with van der Waals surface area (Å²) in [6.07, 6.45) is 0. The summed E-state index contributed by atoms with van der Waals surface area (Å²) in [5, 5.41) is 0. The van der Waals surface area contributed by atoms with Gasteiger partial charge in [0.25, 0.3) is 10.0 Å². The molecule has 0 spiro atoms. The predicted molar refractivity (Wildman–Crippen MR) is 85.7 cm³/mol. The van der Waals surface area contributed by atoms with Crippen molar-refractivity contribution in [3.05, 3.63) is 54.1 Å². The predicted octanol–water partition coefficient (Wildman–Crippen LogP) is 2.71. The Morgan fingerprint density at radius 1 is 1.12 bits per heavy atom. The third kappa shape index (κ3) is 4.90. The molecule has 2 aromatic carbocycles. The Balaban J connectivity index is 2.17. The molecule has 0 aliphatic carbocycles. The highest BCUT2D eigenvalue weighted by Crippen LogP contribution is 2.24. The second-order valence-corrected chi connectivity index (χ2v) is 6.40. The highest BCUT2D eigenvalue weighted by Gasteiger charge is 2.24. The van der Waals surface area contributed by atoms with Crippen LogP contribution in [0.25, 0.3) is 0 Å². The topological polar surface area (TPSA) is 81.7 Å². The molecule has 0 saturated heterocycles. The number of carbonyl (C=O) groups is 1. The van der Waals surface area contributed by atoms with Crippen molar-refractivity contribution in [2.75, 3.05) is 17.9 Å². The van der Waals surface area contributed by atoms with Gasteiger partial charge < -0.3 is 9.47 Å². The zero-order valence-corrected chi connectivity index (χ0v) is 14.0. The molecule has 0 heterocycles. The fourth-order valence-electron chi connectivity index (χ4n) is 1.94. The molecule has 134 valence electrons. The van der Waals surface area contributed by atoms with Crippen LogP contribution in [-0.2, 0) is 19.6 Å². The molecule has 0 fully saturated rings. The average molecular weight is 371 g/mol. The van der Waals surface area contributed by atoms with Crippen LogP contribution in [0, 0.1) is 11.6 Å². The molecule has 25 heavy (non-hydrogen) atoms. The van der Waals surface area contributed by atoms with Gasteiger partial charge in [-0.2, -0.15) is 0 Å². The summed E-state index contributed by atoms with van der Waals surface area (Å²) in [6.45, 7) is 1.50. The van der Waals surface area contributed by atoms with Gasteiger partial charge in [0.05, 0.1) is 12.3 Å². The normalized spacial score (nSPS) is 11.0. The number of halogens is 2. The molecule has 2 aromatic rings. The van der Waals surface area contributed by atoms with Gasteiger partial charge in [-0.25, -0.2) is 22.0 Å². The summed E-state index contributed by atoms with van der Waals surface area (Å²) < 4.78 is 63.7. The minimum absolute atomic E-state index is 0.0176. The van der Waals surface area contributed by atoms with Gasteiger partial charge in [0.15, 0.2) is 11.5 Å². The molecule has 0 atom stereocenters. The summed E-state index contributed by atoms with van der Waals surface area (Å²) in [4.78, 5) is 10.2. The number of anilines is 1. The highest BCUT2D eigenvalue weighted by molar-refractivity contribution is 7.92. The number of hydrogen-bond acceptors (Lipinski definition) is 5. The number of ether oxygens (including phenoxy) is 2. The summed E-state index contributed by atoms with van der Waals surface area (Å²) in [7, 11) is -4.48. The number of nitrogens with one attached hydrogen (secondary N) is 1.